The largest absolute Gasteiger partial charge is 0.492 e. The SMILES string of the molecule is O=C(O)c1cccc(-c2ccc3c(c2)/C(=N\Nc2nc4ccccc4s2)CCO3)n1. The highest BCUT2D eigenvalue weighted by molar-refractivity contribution is 7.22. The van der Waals surface area contributed by atoms with Gasteiger partial charge in [-0.25, -0.2) is 14.8 Å². The number of fused-ring (bicyclic) bond motifs is 2. The Hall–Kier alpha value is -3.78. The standard InChI is InChI=1S/C22H16N4O3S/c27-21(28)18-6-3-5-15(23-18)13-8-9-19-14(12-13)16(10-11-29-19)25-26-22-24-17-4-1-2-7-20(17)30-22/h1-9,12H,10-11H2,(H,24,26)(H,27,28)/b25-16-. The number of aromatic carboxylic acids is 1. The van der Waals surface area contributed by atoms with Gasteiger partial charge in [-0.2, -0.15) is 5.10 Å². The van der Waals surface area contributed by atoms with Crippen LogP contribution in [0.15, 0.2) is 65.8 Å². The Morgan fingerprint density at radius 2 is 2.00 bits per heavy atom. The fourth-order valence-electron chi connectivity index (χ4n) is 3.30. The van der Waals surface area contributed by atoms with Gasteiger partial charge in [0.05, 0.1) is 28.2 Å². The van der Waals surface area contributed by atoms with Crippen LogP contribution in [0.1, 0.15) is 22.5 Å². The van der Waals surface area contributed by atoms with E-state index in [2.05, 4.69) is 20.5 Å². The van der Waals surface area contributed by atoms with E-state index in [-0.39, 0.29) is 5.69 Å². The number of nitrogens with one attached hydrogen (secondary N) is 1. The summed E-state index contributed by atoms with van der Waals surface area (Å²) in [5.74, 6) is -0.315. The third kappa shape index (κ3) is 3.48. The summed E-state index contributed by atoms with van der Waals surface area (Å²) < 4.78 is 6.87. The number of anilines is 1. The van der Waals surface area contributed by atoms with Crippen molar-refractivity contribution in [3.63, 3.8) is 0 Å². The summed E-state index contributed by atoms with van der Waals surface area (Å²) >= 11 is 1.55. The van der Waals surface area contributed by atoms with Crippen LogP contribution in [0, 0.1) is 0 Å². The van der Waals surface area contributed by atoms with Crippen LogP contribution in [0.3, 0.4) is 0 Å². The van der Waals surface area contributed by atoms with Gasteiger partial charge < -0.3 is 9.84 Å². The number of carboxylic acids is 1. The average molecular weight is 416 g/mol. The van der Waals surface area contributed by atoms with Crippen molar-refractivity contribution < 1.29 is 14.6 Å². The van der Waals surface area contributed by atoms with E-state index in [1.165, 1.54) is 6.07 Å². The van der Waals surface area contributed by atoms with Crippen molar-refractivity contribution in [2.75, 3.05) is 12.0 Å². The molecule has 1 aliphatic rings. The highest BCUT2D eigenvalue weighted by Crippen LogP contribution is 2.31. The molecular weight excluding hydrogens is 400 g/mol. The highest BCUT2D eigenvalue weighted by Gasteiger charge is 2.19. The first kappa shape index (κ1) is 18.3. The van der Waals surface area contributed by atoms with Crippen molar-refractivity contribution in [2.24, 2.45) is 5.10 Å². The lowest BCUT2D eigenvalue weighted by Gasteiger charge is -2.19. The number of nitrogens with zero attached hydrogens (tertiary/aromatic N) is 3. The molecule has 30 heavy (non-hydrogen) atoms. The molecule has 2 aromatic carbocycles. The van der Waals surface area contributed by atoms with Gasteiger partial charge in [0.25, 0.3) is 0 Å². The van der Waals surface area contributed by atoms with E-state index in [4.69, 9.17) is 4.74 Å². The molecule has 0 saturated carbocycles. The smallest absolute Gasteiger partial charge is 0.354 e. The first-order chi connectivity index (χ1) is 14.7. The van der Waals surface area contributed by atoms with Crippen LogP contribution in [0.25, 0.3) is 21.5 Å². The molecule has 8 heteroatoms. The first-order valence-corrected chi connectivity index (χ1v) is 10.1. The third-order valence-electron chi connectivity index (χ3n) is 4.73. The zero-order valence-electron chi connectivity index (χ0n) is 15.7. The van der Waals surface area contributed by atoms with E-state index in [0.29, 0.717) is 18.7 Å². The Kier molecular flexibility index (Phi) is 4.61. The van der Waals surface area contributed by atoms with Gasteiger partial charge in [-0.1, -0.05) is 29.5 Å². The molecule has 0 atom stereocenters. The molecule has 1 aliphatic heterocycles. The van der Waals surface area contributed by atoms with Gasteiger partial charge in [-0.05, 0) is 42.5 Å². The van der Waals surface area contributed by atoms with Crippen LogP contribution in [-0.2, 0) is 0 Å². The molecule has 148 valence electrons. The van der Waals surface area contributed by atoms with Gasteiger partial charge in [0.2, 0.25) is 5.13 Å². The Labute approximate surface area is 175 Å². The van der Waals surface area contributed by atoms with Crippen molar-refractivity contribution in [3.8, 4) is 17.0 Å². The van der Waals surface area contributed by atoms with Crippen LogP contribution >= 0.6 is 11.3 Å². The second-order valence-corrected chi connectivity index (χ2v) is 7.71. The van der Waals surface area contributed by atoms with Crippen LogP contribution in [0.5, 0.6) is 5.75 Å². The summed E-state index contributed by atoms with van der Waals surface area (Å²) in [6, 6.07) is 18.6. The number of carbonyl (C=O) groups is 1. The minimum Gasteiger partial charge on any atom is -0.492 e. The lowest BCUT2D eigenvalue weighted by molar-refractivity contribution is 0.0690. The maximum absolute atomic E-state index is 11.2. The number of hydrogen-bond donors (Lipinski definition) is 2. The number of aromatic nitrogens is 2. The molecule has 0 radical (unpaired) electrons. The highest BCUT2D eigenvalue weighted by atomic mass is 32.1. The number of thiazole rings is 1. The summed E-state index contributed by atoms with van der Waals surface area (Å²) in [5.41, 5.74) is 7.11. The van der Waals surface area contributed by atoms with Crippen molar-refractivity contribution in [2.45, 2.75) is 6.42 Å². The van der Waals surface area contributed by atoms with Gasteiger partial charge in [0.15, 0.2) is 0 Å². The van der Waals surface area contributed by atoms with Crippen LogP contribution < -0.4 is 10.2 Å². The zero-order chi connectivity index (χ0) is 20.5. The van der Waals surface area contributed by atoms with Crippen molar-refractivity contribution in [1.29, 1.82) is 0 Å². The molecule has 0 fully saturated rings. The monoisotopic (exact) mass is 416 g/mol. The molecule has 0 saturated heterocycles. The number of carboxylic acid groups (broad SMARTS) is 1. The summed E-state index contributed by atoms with van der Waals surface area (Å²) in [6.07, 6.45) is 0.650. The van der Waals surface area contributed by atoms with E-state index in [1.807, 2.05) is 42.5 Å². The lowest BCUT2D eigenvalue weighted by atomic mass is 9.99. The molecule has 5 rings (SSSR count). The molecule has 0 aliphatic carbocycles. The normalized spacial score (nSPS) is 14.3. The van der Waals surface area contributed by atoms with Gasteiger partial charge in [-0.15, -0.1) is 0 Å². The Morgan fingerprint density at radius 3 is 2.87 bits per heavy atom. The van der Waals surface area contributed by atoms with E-state index < -0.39 is 5.97 Å². The maximum Gasteiger partial charge on any atom is 0.354 e. The van der Waals surface area contributed by atoms with E-state index >= 15 is 0 Å². The van der Waals surface area contributed by atoms with Crippen LogP contribution in [0.2, 0.25) is 0 Å². The molecule has 3 heterocycles. The second kappa shape index (κ2) is 7.57. The van der Waals surface area contributed by atoms with E-state index in [9.17, 15) is 9.90 Å². The average Bonchev–Trinajstić information content (AvgIpc) is 3.20. The number of benzene rings is 2. The summed E-state index contributed by atoms with van der Waals surface area (Å²) in [4.78, 5) is 20.0. The summed E-state index contributed by atoms with van der Waals surface area (Å²) in [6.45, 7) is 0.541. The van der Waals surface area contributed by atoms with E-state index in [0.717, 1.165) is 37.9 Å². The minimum absolute atomic E-state index is 0.00728. The number of rotatable bonds is 4. The quantitative estimate of drug-likeness (QED) is 0.470. The third-order valence-corrected chi connectivity index (χ3v) is 5.67. The summed E-state index contributed by atoms with van der Waals surface area (Å²) in [5, 5.41) is 14.5. The predicted molar refractivity (Wildman–Crippen MR) is 117 cm³/mol. The van der Waals surface area contributed by atoms with Gasteiger partial charge >= 0.3 is 5.97 Å². The second-order valence-electron chi connectivity index (χ2n) is 6.68. The first-order valence-electron chi connectivity index (χ1n) is 9.33. The molecule has 0 amide bonds. The molecule has 0 spiro atoms. The lowest BCUT2D eigenvalue weighted by Crippen LogP contribution is -2.17. The molecule has 0 unspecified atom stereocenters. The fraction of sp³-hybridized carbons (Fsp3) is 0.0909. The van der Waals surface area contributed by atoms with Crippen molar-refractivity contribution >= 4 is 38.4 Å². The minimum atomic E-state index is -1.06. The fourth-order valence-corrected chi connectivity index (χ4v) is 4.11. The number of ether oxygens (including phenoxy) is 1. The van der Waals surface area contributed by atoms with Crippen molar-refractivity contribution in [1.82, 2.24) is 9.97 Å². The molecule has 2 N–H and O–H groups in total. The van der Waals surface area contributed by atoms with E-state index in [1.54, 1.807) is 23.5 Å². The Balaban J connectivity index is 1.48. The van der Waals surface area contributed by atoms with Crippen molar-refractivity contribution in [3.05, 3.63) is 71.9 Å². The van der Waals surface area contributed by atoms with Gasteiger partial charge in [0, 0.05) is 17.5 Å². The number of para-hydroxylation sites is 1. The number of hydrazone groups is 1. The Morgan fingerprint density at radius 1 is 1.10 bits per heavy atom. The molecule has 0 bridgehead atoms. The van der Waals surface area contributed by atoms with Gasteiger partial charge in [0.1, 0.15) is 11.4 Å². The number of pyridine rings is 1. The molecule has 4 aromatic rings. The summed E-state index contributed by atoms with van der Waals surface area (Å²) in [7, 11) is 0. The zero-order valence-corrected chi connectivity index (χ0v) is 16.5. The maximum atomic E-state index is 11.2. The number of hydrogen-bond acceptors (Lipinski definition) is 7. The Bertz CT molecular complexity index is 1270. The molecule has 7 nitrogen and oxygen atoms in total. The topological polar surface area (TPSA) is 96.7 Å². The van der Waals surface area contributed by atoms with Crippen LogP contribution in [0.4, 0.5) is 5.13 Å². The van der Waals surface area contributed by atoms with Gasteiger partial charge in [-0.3, -0.25) is 5.43 Å². The predicted octanol–water partition coefficient (Wildman–Crippen LogP) is 4.66. The molecular formula is C22H16N4O3S. The van der Waals surface area contributed by atoms with Crippen LogP contribution in [-0.4, -0.2) is 33.4 Å². The molecule has 2 aromatic heterocycles.